The van der Waals surface area contributed by atoms with E-state index >= 15 is 0 Å². The highest BCUT2D eigenvalue weighted by molar-refractivity contribution is 5.72. The van der Waals surface area contributed by atoms with Gasteiger partial charge in [0.2, 0.25) is 0 Å². The van der Waals surface area contributed by atoms with E-state index in [4.69, 9.17) is 11.5 Å². The molecule has 1 fully saturated rings. The summed E-state index contributed by atoms with van der Waals surface area (Å²) in [6.07, 6.45) is 2.13. The van der Waals surface area contributed by atoms with E-state index in [0.29, 0.717) is 12.5 Å². The zero-order valence-electron chi connectivity index (χ0n) is 7.49. The van der Waals surface area contributed by atoms with Crippen molar-refractivity contribution in [3.05, 3.63) is 0 Å². The molecule has 1 aliphatic rings. The molecule has 12 heavy (non-hydrogen) atoms. The van der Waals surface area contributed by atoms with Crippen LogP contribution in [0.15, 0.2) is 0 Å². The first-order valence-electron chi connectivity index (χ1n) is 4.41. The second kappa shape index (κ2) is 3.76. The van der Waals surface area contributed by atoms with Gasteiger partial charge < -0.3 is 16.4 Å². The summed E-state index contributed by atoms with van der Waals surface area (Å²) in [5.74, 6) is 0.439. The Hall–Kier alpha value is -0.770. The SMILES string of the molecule is CC1CCC(CN)CN1C(N)=O. The van der Waals surface area contributed by atoms with E-state index in [1.807, 2.05) is 6.92 Å². The Labute approximate surface area is 72.9 Å². The number of nitrogens with zero attached hydrogens (tertiary/aromatic N) is 1. The van der Waals surface area contributed by atoms with Crippen molar-refractivity contribution < 1.29 is 4.79 Å². The van der Waals surface area contributed by atoms with E-state index in [1.54, 1.807) is 4.90 Å². The summed E-state index contributed by atoms with van der Waals surface area (Å²) in [7, 11) is 0. The Morgan fingerprint density at radius 3 is 2.75 bits per heavy atom. The van der Waals surface area contributed by atoms with E-state index in [1.165, 1.54) is 0 Å². The van der Waals surface area contributed by atoms with Gasteiger partial charge in [-0.15, -0.1) is 0 Å². The van der Waals surface area contributed by atoms with E-state index < -0.39 is 0 Å². The van der Waals surface area contributed by atoms with Gasteiger partial charge in [0, 0.05) is 12.6 Å². The van der Waals surface area contributed by atoms with Crippen molar-refractivity contribution in [1.29, 1.82) is 0 Å². The quantitative estimate of drug-likeness (QED) is 0.588. The van der Waals surface area contributed by atoms with E-state index in [9.17, 15) is 4.79 Å². The highest BCUT2D eigenvalue weighted by Crippen LogP contribution is 2.20. The maximum absolute atomic E-state index is 10.9. The lowest BCUT2D eigenvalue weighted by molar-refractivity contribution is 0.141. The summed E-state index contributed by atoms with van der Waals surface area (Å²) in [4.78, 5) is 12.6. The van der Waals surface area contributed by atoms with E-state index in [0.717, 1.165) is 19.4 Å². The smallest absolute Gasteiger partial charge is 0.315 e. The Bertz CT molecular complexity index is 172. The first-order chi connectivity index (χ1) is 5.65. The molecule has 1 saturated heterocycles. The average molecular weight is 171 g/mol. The summed E-state index contributed by atoms with van der Waals surface area (Å²) >= 11 is 0. The number of nitrogens with two attached hydrogens (primary N) is 2. The van der Waals surface area contributed by atoms with Crippen molar-refractivity contribution in [1.82, 2.24) is 4.90 Å². The molecule has 1 rings (SSSR count). The van der Waals surface area contributed by atoms with Gasteiger partial charge in [0.1, 0.15) is 0 Å². The molecule has 4 N–H and O–H groups in total. The summed E-state index contributed by atoms with van der Waals surface area (Å²) in [5, 5.41) is 0. The van der Waals surface area contributed by atoms with Crippen molar-refractivity contribution in [2.45, 2.75) is 25.8 Å². The van der Waals surface area contributed by atoms with Crippen LogP contribution in [0.4, 0.5) is 4.79 Å². The third-order valence-corrected chi connectivity index (χ3v) is 2.60. The fourth-order valence-electron chi connectivity index (χ4n) is 1.68. The van der Waals surface area contributed by atoms with Crippen molar-refractivity contribution in [2.24, 2.45) is 17.4 Å². The molecule has 4 nitrogen and oxygen atoms in total. The van der Waals surface area contributed by atoms with Crippen LogP contribution in [-0.2, 0) is 0 Å². The number of hydrogen-bond donors (Lipinski definition) is 2. The summed E-state index contributed by atoms with van der Waals surface area (Å²) < 4.78 is 0. The number of carbonyl (C=O) groups is 1. The van der Waals surface area contributed by atoms with Gasteiger partial charge in [-0.25, -0.2) is 4.79 Å². The average Bonchev–Trinajstić information content (AvgIpc) is 2.05. The summed E-state index contributed by atoms with van der Waals surface area (Å²) in [5.41, 5.74) is 10.8. The van der Waals surface area contributed by atoms with Crippen LogP contribution in [0.3, 0.4) is 0 Å². The van der Waals surface area contributed by atoms with Crippen LogP contribution >= 0.6 is 0 Å². The van der Waals surface area contributed by atoms with Crippen LogP contribution < -0.4 is 11.5 Å². The van der Waals surface area contributed by atoms with Crippen LogP contribution in [0.5, 0.6) is 0 Å². The largest absolute Gasteiger partial charge is 0.351 e. The number of rotatable bonds is 1. The molecule has 2 atom stereocenters. The third-order valence-electron chi connectivity index (χ3n) is 2.60. The number of hydrogen-bond acceptors (Lipinski definition) is 2. The topological polar surface area (TPSA) is 72.3 Å². The first-order valence-corrected chi connectivity index (χ1v) is 4.41. The number of likely N-dealkylation sites (tertiary alicyclic amines) is 1. The van der Waals surface area contributed by atoms with Gasteiger partial charge in [-0.1, -0.05) is 0 Å². The molecule has 4 heteroatoms. The highest BCUT2D eigenvalue weighted by atomic mass is 16.2. The van der Waals surface area contributed by atoms with Gasteiger partial charge in [0.05, 0.1) is 0 Å². The fraction of sp³-hybridized carbons (Fsp3) is 0.875. The number of urea groups is 1. The van der Waals surface area contributed by atoms with Gasteiger partial charge in [0.15, 0.2) is 0 Å². The van der Waals surface area contributed by atoms with Crippen LogP contribution in [0.2, 0.25) is 0 Å². The number of amides is 2. The molecule has 2 unspecified atom stereocenters. The van der Waals surface area contributed by atoms with E-state index in [-0.39, 0.29) is 12.1 Å². The molecule has 0 aromatic heterocycles. The molecular weight excluding hydrogens is 154 g/mol. The zero-order chi connectivity index (χ0) is 9.14. The molecule has 0 aromatic rings. The molecule has 0 bridgehead atoms. The summed E-state index contributed by atoms with van der Waals surface area (Å²) in [6.45, 7) is 3.40. The van der Waals surface area contributed by atoms with Crippen LogP contribution in [-0.4, -0.2) is 30.1 Å². The van der Waals surface area contributed by atoms with Gasteiger partial charge in [-0.2, -0.15) is 0 Å². The fourth-order valence-corrected chi connectivity index (χ4v) is 1.68. The normalized spacial score (nSPS) is 30.3. The molecule has 0 spiro atoms. The lowest BCUT2D eigenvalue weighted by Crippen LogP contribution is -2.49. The Morgan fingerprint density at radius 1 is 1.58 bits per heavy atom. The minimum absolute atomic E-state index is 0.283. The number of piperidine rings is 1. The van der Waals surface area contributed by atoms with Crippen LogP contribution in [0.25, 0.3) is 0 Å². The molecular formula is C8H17N3O. The van der Waals surface area contributed by atoms with E-state index in [2.05, 4.69) is 0 Å². The summed E-state index contributed by atoms with van der Waals surface area (Å²) in [6, 6.07) is -0.0362. The standard InChI is InChI=1S/C8H17N3O/c1-6-2-3-7(4-9)5-11(6)8(10)12/h6-7H,2-5,9H2,1H3,(H2,10,12). The minimum Gasteiger partial charge on any atom is -0.351 e. The lowest BCUT2D eigenvalue weighted by atomic mass is 9.94. The Balaban J connectivity index is 2.53. The number of primary amides is 1. The van der Waals surface area contributed by atoms with Crippen molar-refractivity contribution >= 4 is 6.03 Å². The van der Waals surface area contributed by atoms with Gasteiger partial charge in [-0.3, -0.25) is 0 Å². The van der Waals surface area contributed by atoms with Crippen LogP contribution in [0, 0.1) is 5.92 Å². The van der Waals surface area contributed by atoms with Crippen molar-refractivity contribution in [3.8, 4) is 0 Å². The molecule has 1 aliphatic heterocycles. The van der Waals surface area contributed by atoms with Crippen molar-refractivity contribution in [2.75, 3.05) is 13.1 Å². The molecule has 0 saturated carbocycles. The molecule has 2 amide bonds. The van der Waals surface area contributed by atoms with Gasteiger partial charge >= 0.3 is 6.03 Å². The molecule has 70 valence electrons. The minimum atomic E-state index is -0.319. The third kappa shape index (κ3) is 1.88. The Morgan fingerprint density at radius 2 is 2.25 bits per heavy atom. The first kappa shape index (κ1) is 9.32. The van der Waals surface area contributed by atoms with Gasteiger partial charge in [0.25, 0.3) is 0 Å². The number of carbonyl (C=O) groups excluding carboxylic acids is 1. The predicted molar refractivity (Wildman–Crippen MR) is 47.5 cm³/mol. The van der Waals surface area contributed by atoms with Crippen molar-refractivity contribution in [3.63, 3.8) is 0 Å². The maximum Gasteiger partial charge on any atom is 0.315 e. The van der Waals surface area contributed by atoms with Crippen LogP contribution in [0.1, 0.15) is 19.8 Å². The molecule has 0 aliphatic carbocycles. The molecule has 0 aromatic carbocycles. The lowest BCUT2D eigenvalue weighted by Gasteiger charge is -2.36. The predicted octanol–water partition coefficient (Wildman–Crippen LogP) is 0.124. The molecule has 1 heterocycles. The zero-order valence-corrected chi connectivity index (χ0v) is 7.49. The monoisotopic (exact) mass is 171 g/mol. The molecule has 0 radical (unpaired) electrons. The maximum atomic E-state index is 10.9. The highest BCUT2D eigenvalue weighted by Gasteiger charge is 2.26. The van der Waals surface area contributed by atoms with Gasteiger partial charge in [-0.05, 0) is 32.2 Å². The second-order valence-corrected chi connectivity index (χ2v) is 3.52. The second-order valence-electron chi connectivity index (χ2n) is 3.52. The Kier molecular flexibility index (Phi) is 2.92.